The lowest BCUT2D eigenvalue weighted by molar-refractivity contribution is 0.376. The van der Waals surface area contributed by atoms with Gasteiger partial charge < -0.3 is 5.73 Å². The number of hydrogen-bond acceptors (Lipinski definition) is 2. The molecule has 1 aromatic carbocycles. The van der Waals surface area contributed by atoms with Crippen molar-refractivity contribution in [3.8, 4) is 0 Å². The van der Waals surface area contributed by atoms with E-state index >= 15 is 0 Å². The predicted octanol–water partition coefficient (Wildman–Crippen LogP) is 1.59. The second-order valence-electron chi connectivity index (χ2n) is 2.87. The molecule has 0 spiro atoms. The molecule has 0 saturated heterocycles. The Morgan fingerprint density at radius 2 is 2.00 bits per heavy atom. The fourth-order valence-electron chi connectivity index (χ4n) is 1.17. The summed E-state index contributed by atoms with van der Waals surface area (Å²) in [5.41, 5.74) is 6.63. The molecular formula is C10H15N2. The van der Waals surface area contributed by atoms with Gasteiger partial charge in [-0.2, -0.15) is 0 Å². The van der Waals surface area contributed by atoms with E-state index in [4.69, 9.17) is 5.73 Å². The van der Waals surface area contributed by atoms with Gasteiger partial charge in [-0.1, -0.05) is 37.3 Å². The number of benzene rings is 1. The fourth-order valence-corrected chi connectivity index (χ4v) is 1.17. The van der Waals surface area contributed by atoms with Crippen LogP contribution in [0, 0.1) is 7.05 Å². The summed E-state index contributed by atoms with van der Waals surface area (Å²) in [6, 6.07) is 9.93. The Labute approximate surface area is 73.8 Å². The zero-order valence-electron chi connectivity index (χ0n) is 7.38. The van der Waals surface area contributed by atoms with Gasteiger partial charge in [0.2, 0.25) is 0 Å². The smallest absolute Gasteiger partial charge is 0.0922 e. The van der Waals surface area contributed by atoms with Crippen molar-refractivity contribution in [1.82, 2.24) is 5.32 Å². The van der Waals surface area contributed by atoms with Gasteiger partial charge in [0.05, 0.1) is 5.66 Å². The summed E-state index contributed by atoms with van der Waals surface area (Å²) in [6.45, 7) is 2.03. The number of rotatable bonds is 3. The van der Waals surface area contributed by atoms with Gasteiger partial charge in [-0.15, -0.1) is 0 Å². The van der Waals surface area contributed by atoms with Crippen molar-refractivity contribution in [3.05, 3.63) is 42.9 Å². The van der Waals surface area contributed by atoms with Crippen LogP contribution in [0.25, 0.3) is 0 Å². The molecule has 3 N–H and O–H groups in total. The Morgan fingerprint density at radius 3 is 2.42 bits per heavy atom. The van der Waals surface area contributed by atoms with Crippen LogP contribution in [-0.2, 0) is 5.66 Å². The molecule has 1 unspecified atom stereocenters. The lowest BCUT2D eigenvalue weighted by Crippen LogP contribution is -2.46. The summed E-state index contributed by atoms with van der Waals surface area (Å²) in [5.74, 6) is 0. The molecule has 0 heterocycles. The third kappa shape index (κ3) is 1.65. The monoisotopic (exact) mass is 163 g/mol. The third-order valence-electron chi connectivity index (χ3n) is 2.16. The van der Waals surface area contributed by atoms with Gasteiger partial charge in [0, 0.05) is 7.05 Å². The van der Waals surface area contributed by atoms with Crippen LogP contribution in [0.15, 0.2) is 30.3 Å². The van der Waals surface area contributed by atoms with Crippen LogP contribution in [0.4, 0.5) is 0 Å². The molecule has 0 aliphatic carbocycles. The van der Waals surface area contributed by atoms with Gasteiger partial charge in [0.25, 0.3) is 0 Å². The molecule has 0 bridgehead atoms. The van der Waals surface area contributed by atoms with Gasteiger partial charge in [0.1, 0.15) is 0 Å². The first-order chi connectivity index (χ1) is 5.73. The SMILES string of the molecule is [CH2]NC(N)(CC)c1ccccc1. The molecule has 1 rings (SSSR count). The van der Waals surface area contributed by atoms with Crippen molar-refractivity contribution in [2.75, 3.05) is 0 Å². The first-order valence-corrected chi connectivity index (χ1v) is 4.11. The average molecular weight is 163 g/mol. The van der Waals surface area contributed by atoms with Crippen molar-refractivity contribution in [2.45, 2.75) is 19.0 Å². The number of nitrogens with one attached hydrogen (secondary N) is 1. The van der Waals surface area contributed by atoms with Crippen LogP contribution in [0.2, 0.25) is 0 Å². The van der Waals surface area contributed by atoms with E-state index in [1.54, 1.807) is 0 Å². The maximum absolute atomic E-state index is 6.04. The minimum Gasteiger partial charge on any atom is -0.310 e. The lowest BCUT2D eigenvalue weighted by Gasteiger charge is -2.27. The molecule has 2 nitrogen and oxygen atoms in total. The highest BCUT2D eigenvalue weighted by Gasteiger charge is 2.21. The molecule has 12 heavy (non-hydrogen) atoms. The molecule has 2 heteroatoms. The zero-order valence-corrected chi connectivity index (χ0v) is 7.38. The summed E-state index contributed by atoms with van der Waals surface area (Å²) >= 11 is 0. The Hall–Kier alpha value is -0.860. The zero-order chi connectivity index (χ0) is 9.03. The second kappa shape index (κ2) is 3.70. The van der Waals surface area contributed by atoms with Crippen LogP contribution in [0.1, 0.15) is 18.9 Å². The molecule has 0 fully saturated rings. The standard InChI is InChI=1S/C10H15N2/c1-3-10(11,12-2)9-7-5-4-6-8-9/h4-8,12H,2-3,11H2,1H3. The van der Waals surface area contributed by atoms with Gasteiger partial charge in [-0.05, 0) is 12.0 Å². The van der Waals surface area contributed by atoms with Crippen LogP contribution in [0.3, 0.4) is 0 Å². The van der Waals surface area contributed by atoms with Gasteiger partial charge in [-0.25, -0.2) is 0 Å². The second-order valence-corrected chi connectivity index (χ2v) is 2.87. The van der Waals surface area contributed by atoms with Crippen LogP contribution in [0.5, 0.6) is 0 Å². The molecule has 0 amide bonds. The maximum Gasteiger partial charge on any atom is 0.0922 e. The molecule has 0 aliphatic heterocycles. The van der Waals surface area contributed by atoms with E-state index in [9.17, 15) is 0 Å². The summed E-state index contributed by atoms with van der Waals surface area (Å²) in [5, 5.41) is 2.87. The highest BCUT2D eigenvalue weighted by Crippen LogP contribution is 2.17. The maximum atomic E-state index is 6.04. The molecule has 1 aromatic rings. The third-order valence-corrected chi connectivity index (χ3v) is 2.16. The van der Waals surface area contributed by atoms with Crippen LogP contribution < -0.4 is 11.1 Å². The van der Waals surface area contributed by atoms with Crippen molar-refractivity contribution in [3.63, 3.8) is 0 Å². The van der Waals surface area contributed by atoms with E-state index in [1.807, 2.05) is 37.3 Å². The topological polar surface area (TPSA) is 38.0 Å². The first-order valence-electron chi connectivity index (χ1n) is 4.11. The number of hydrogen-bond donors (Lipinski definition) is 2. The summed E-state index contributed by atoms with van der Waals surface area (Å²) < 4.78 is 0. The van der Waals surface area contributed by atoms with Crippen molar-refractivity contribution < 1.29 is 0 Å². The Balaban J connectivity index is 2.95. The van der Waals surface area contributed by atoms with E-state index in [0.717, 1.165) is 12.0 Å². The molecule has 0 aliphatic rings. The quantitative estimate of drug-likeness (QED) is 0.664. The Morgan fingerprint density at radius 1 is 1.42 bits per heavy atom. The lowest BCUT2D eigenvalue weighted by atomic mass is 9.98. The van der Waals surface area contributed by atoms with Crippen LogP contribution >= 0.6 is 0 Å². The fraction of sp³-hybridized carbons (Fsp3) is 0.300. The van der Waals surface area contributed by atoms with Crippen molar-refractivity contribution >= 4 is 0 Å². The summed E-state index contributed by atoms with van der Waals surface area (Å²) in [6.07, 6.45) is 0.820. The normalized spacial score (nSPS) is 15.6. The van der Waals surface area contributed by atoms with E-state index in [-0.39, 0.29) is 0 Å². The molecule has 0 aromatic heterocycles. The molecular weight excluding hydrogens is 148 g/mol. The predicted molar refractivity (Wildman–Crippen MR) is 51.1 cm³/mol. The first kappa shape index (κ1) is 9.23. The Bertz CT molecular complexity index is 227. The van der Waals surface area contributed by atoms with Crippen molar-refractivity contribution in [1.29, 1.82) is 0 Å². The Kier molecular flexibility index (Phi) is 2.84. The highest BCUT2D eigenvalue weighted by atomic mass is 15.1. The van der Waals surface area contributed by atoms with E-state index in [0.29, 0.717) is 0 Å². The van der Waals surface area contributed by atoms with Gasteiger partial charge in [-0.3, -0.25) is 5.32 Å². The number of nitrogens with two attached hydrogens (primary N) is 1. The van der Waals surface area contributed by atoms with Gasteiger partial charge >= 0.3 is 0 Å². The van der Waals surface area contributed by atoms with E-state index < -0.39 is 5.66 Å². The highest BCUT2D eigenvalue weighted by molar-refractivity contribution is 5.22. The summed E-state index contributed by atoms with van der Waals surface area (Å²) in [7, 11) is 3.63. The average Bonchev–Trinajstić information content (AvgIpc) is 2.18. The minimum atomic E-state index is -0.485. The molecule has 0 saturated carbocycles. The minimum absolute atomic E-state index is 0.485. The van der Waals surface area contributed by atoms with Crippen molar-refractivity contribution in [2.24, 2.45) is 5.73 Å². The molecule has 1 radical (unpaired) electrons. The van der Waals surface area contributed by atoms with E-state index in [2.05, 4.69) is 12.4 Å². The largest absolute Gasteiger partial charge is 0.310 e. The van der Waals surface area contributed by atoms with E-state index in [1.165, 1.54) is 0 Å². The molecule has 1 atom stereocenters. The van der Waals surface area contributed by atoms with Gasteiger partial charge in [0.15, 0.2) is 0 Å². The van der Waals surface area contributed by atoms with Crippen LogP contribution in [-0.4, -0.2) is 0 Å². The summed E-state index contributed by atoms with van der Waals surface area (Å²) in [4.78, 5) is 0. The molecule has 65 valence electrons.